The number of carboxylic acid groups (broad SMARTS) is 1. The number of carboxylic acids is 1. The van der Waals surface area contributed by atoms with Gasteiger partial charge in [0.05, 0.1) is 11.1 Å². The molecule has 0 fully saturated rings. The van der Waals surface area contributed by atoms with Gasteiger partial charge in [0, 0.05) is 16.8 Å². The quantitative estimate of drug-likeness (QED) is 0.509. The molecule has 1 aromatic heterocycles. The van der Waals surface area contributed by atoms with Crippen LogP contribution in [-0.2, 0) is 0 Å². The number of anilines is 1. The van der Waals surface area contributed by atoms with E-state index in [-0.39, 0.29) is 28.2 Å². The largest absolute Gasteiger partial charge is 0.872 e. The van der Waals surface area contributed by atoms with Gasteiger partial charge in [0.25, 0.3) is 0 Å². The number of allylic oxidation sites excluding steroid dienone is 2. The van der Waals surface area contributed by atoms with E-state index in [0.717, 1.165) is 12.1 Å². The third-order valence-corrected chi connectivity index (χ3v) is 5.14. The number of aromatic carboxylic acids is 1. The van der Waals surface area contributed by atoms with Gasteiger partial charge in [-0.15, -0.1) is 5.10 Å². The molecule has 4 aromatic rings. The molecule has 0 amide bonds. The van der Waals surface area contributed by atoms with Gasteiger partial charge in [-0.3, -0.25) is 9.59 Å². The second kappa shape index (κ2) is 7.17. The number of hydrogen-bond acceptors (Lipinski definition) is 7. The van der Waals surface area contributed by atoms with Crippen LogP contribution in [0.1, 0.15) is 31.1 Å². The molecule has 5 rings (SSSR count). The Kier molecular flexibility index (Phi) is 4.30. The van der Waals surface area contributed by atoms with E-state index in [9.17, 15) is 19.5 Å². The number of benzene rings is 3. The zero-order valence-electron chi connectivity index (χ0n) is 16.3. The van der Waals surface area contributed by atoms with Gasteiger partial charge in [0.2, 0.25) is 11.6 Å². The van der Waals surface area contributed by atoms with E-state index in [1.165, 1.54) is 10.7 Å². The number of aromatic nitrogens is 3. The van der Waals surface area contributed by atoms with Crippen molar-refractivity contribution < 1.29 is 24.6 Å². The number of fused-ring (bicyclic) bond motifs is 2. The maximum absolute atomic E-state index is 13.4. The Morgan fingerprint density at radius 1 is 0.938 bits per heavy atom. The summed E-state index contributed by atoms with van der Waals surface area (Å²) in [6.45, 7) is 0. The number of hydrogen-bond donors (Lipinski definition) is 2. The summed E-state index contributed by atoms with van der Waals surface area (Å²) in [5.41, 5.74) is 1.12. The molecule has 0 spiro atoms. The number of ketones is 2. The Hall–Kier alpha value is -4.79. The highest BCUT2D eigenvalue weighted by Crippen LogP contribution is 2.32. The molecule has 9 heteroatoms. The first-order chi connectivity index (χ1) is 15.5. The van der Waals surface area contributed by atoms with Gasteiger partial charge < -0.3 is 15.5 Å². The summed E-state index contributed by atoms with van der Waals surface area (Å²) in [7, 11) is 0. The van der Waals surface area contributed by atoms with Gasteiger partial charge in [0.1, 0.15) is 16.9 Å². The molecule has 0 saturated heterocycles. The molecule has 1 aliphatic carbocycles. The molecule has 1 aliphatic rings. The van der Waals surface area contributed by atoms with Crippen molar-refractivity contribution in [1.29, 1.82) is 0 Å². The SMILES string of the molecule is O=C(O)c1ccc(NC2=C(n3nnc4ccccc43)C(=O)c3ccccc3C2=O)cc1[O-]. The first-order valence-electron chi connectivity index (χ1n) is 9.50. The van der Waals surface area contributed by atoms with E-state index in [1.807, 2.05) is 0 Å². The lowest BCUT2D eigenvalue weighted by Crippen LogP contribution is -2.28. The summed E-state index contributed by atoms with van der Waals surface area (Å²) >= 11 is 0. The lowest BCUT2D eigenvalue weighted by Gasteiger charge is -2.22. The Morgan fingerprint density at radius 3 is 2.34 bits per heavy atom. The fourth-order valence-corrected chi connectivity index (χ4v) is 3.64. The van der Waals surface area contributed by atoms with Crippen LogP contribution in [0.3, 0.4) is 0 Å². The smallest absolute Gasteiger partial charge is 0.335 e. The average Bonchev–Trinajstić information content (AvgIpc) is 3.21. The number of nitrogens with one attached hydrogen (secondary N) is 1. The van der Waals surface area contributed by atoms with Crippen LogP contribution in [0, 0.1) is 0 Å². The van der Waals surface area contributed by atoms with Gasteiger partial charge >= 0.3 is 5.97 Å². The molecule has 156 valence electrons. The zero-order chi connectivity index (χ0) is 22.4. The van der Waals surface area contributed by atoms with Crippen LogP contribution in [0.15, 0.2) is 72.4 Å². The number of nitrogens with zero attached hydrogens (tertiary/aromatic N) is 3. The molecular formula is C23H13N4O5-. The lowest BCUT2D eigenvalue weighted by atomic mass is 9.90. The lowest BCUT2D eigenvalue weighted by molar-refractivity contribution is -0.268. The predicted molar refractivity (Wildman–Crippen MR) is 112 cm³/mol. The van der Waals surface area contributed by atoms with Crippen LogP contribution < -0.4 is 10.4 Å². The minimum Gasteiger partial charge on any atom is -0.872 e. The van der Waals surface area contributed by atoms with E-state index in [4.69, 9.17) is 5.11 Å². The molecule has 0 atom stereocenters. The maximum Gasteiger partial charge on any atom is 0.335 e. The van der Waals surface area contributed by atoms with Crippen LogP contribution in [-0.4, -0.2) is 37.6 Å². The van der Waals surface area contributed by atoms with Crippen molar-refractivity contribution in [3.05, 3.63) is 89.1 Å². The molecular weight excluding hydrogens is 412 g/mol. The van der Waals surface area contributed by atoms with E-state index in [0.29, 0.717) is 11.0 Å². The van der Waals surface area contributed by atoms with Gasteiger partial charge in [-0.1, -0.05) is 47.4 Å². The standard InChI is InChI=1S/C23H14N4O5/c28-18-11-12(9-10-15(18)23(31)32)24-19-20(27-17-8-4-3-7-16(17)25-26-27)22(30)14-6-2-1-5-13(14)21(19)29/h1-11,24,28H,(H,31,32)/p-1. The fraction of sp³-hybridized carbons (Fsp3) is 0. The molecule has 32 heavy (non-hydrogen) atoms. The highest BCUT2D eigenvalue weighted by Gasteiger charge is 2.34. The van der Waals surface area contributed by atoms with Crippen LogP contribution in [0.4, 0.5) is 5.69 Å². The van der Waals surface area contributed by atoms with Gasteiger partial charge in [-0.2, -0.15) is 0 Å². The van der Waals surface area contributed by atoms with Crippen LogP contribution in [0.2, 0.25) is 0 Å². The van der Waals surface area contributed by atoms with Crippen LogP contribution in [0.5, 0.6) is 5.75 Å². The van der Waals surface area contributed by atoms with Crippen molar-refractivity contribution in [3.63, 3.8) is 0 Å². The molecule has 2 N–H and O–H groups in total. The highest BCUT2D eigenvalue weighted by molar-refractivity contribution is 6.38. The first kappa shape index (κ1) is 19.2. The topological polar surface area (TPSA) is 137 Å². The van der Waals surface area contributed by atoms with Gasteiger partial charge in [-0.05, 0) is 30.3 Å². The minimum absolute atomic E-state index is 0.0443. The van der Waals surface area contributed by atoms with Crippen LogP contribution in [0.25, 0.3) is 16.7 Å². The van der Waals surface area contributed by atoms with Crippen molar-refractivity contribution in [2.45, 2.75) is 0 Å². The molecule has 0 saturated carbocycles. The summed E-state index contributed by atoms with van der Waals surface area (Å²) < 4.78 is 1.29. The summed E-state index contributed by atoms with van der Waals surface area (Å²) in [4.78, 5) is 37.9. The summed E-state index contributed by atoms with van der Waals surface area (Å²) in [5.74, 6) is -2.99. The first-order valence-corrected chi connectivity index (χ1v) is 9.50. The molecule has 0 unspecified atom stereocenters. The number of carbonyl (C=O) groups excluding carboxylic acids is 2. The highest BCUT2D eigenvalue weighted by atomic mass is 16.4. The molecule has 3 aromatic carbocycles. The van der Waals surface area contributed by atoms with Crippen LogP contribution >= 0.6 is 0 Å². The Labute approximate surface area is 180 Å². The van der Waals surface area contributed by atoms with E-state index < -0.39 is 28.8 Å². The van der Waals surface area contributed by atoms with Crippen molar-refractivity contribution >= 4 is 40.0 Å². The summed E-state index contributed by atoms with van der Waals surface area (Å²) in [6, 6.07) is 16.9. The number of carbonyl (C=O) groups is 3. The van der Waals surface area contributed by atoms with Gasteiger partial charge in [0.15, 0.2) is 0 Å². The molecule has 1 heterocycles. The number of rotatable bonds is 4. The second-order valence-electron chi connectivity index (χ2n) is 7.06. The maximum atomic E-state index is 13.4. The van der Waals surface area contributed by atoms with Crippen molar-refractivity contribution in [2.75, 3.05) is 5.32 Å². The number of Topliss-reactive ketones (excluding diaryl/α,β-unsaturated/α-hetero) is 2. The third kappa shape index (κ3) is 2.91. The normalized spacial score (nSPS) is 13.4. The van der Waals surface area contributed by atoms with E-state index in [2.05, 4.69) is 15.6 Å². The van der Waals surface area contributed by atoms with Gasteiger partial charge in [-0.25, -0.2) is 9.48 Å². The molecule has 0 radical (unpaired) electrons. The Balaban J connectivity index is 1.72. The van der Waals surface area contributed by atoms with E-state index in [1.54, 1.807) is 48.5 Å². The third-order valence-electron chi connectivity index (χ3n) is 5.14. The number of para-hydroxylation sites is 1. The zero-order valence-corrected chi connectivity index (χ0v) is 16.3. The van der Waals surface area contributed by atoms with Crippen molar-refractivity contribution in [2.24, 2.45) is 0 Å². The monoisotopic (exact) mass is 425 g/mol. The molecule has 0 aliphatic heterocycles. The second-order valence-corrected chi connectivity index (χ2v) is 7.06. The predicted octanol–water partition coefficient (Wildman–Crippen LogP) is 2.56. The van der Waals surface area contributed by atoms with Crippen molar-refractivity contribution in [3.8, 4) is 5.75 Å². The summed E-state index contributed by atoms with van der Waals surface area (Å²) in [6.07, 6.45) is 0. The fourth-order valence-electron chi connectivity index (χ4n) is 3.64. The van der Waals surface area contributed by atoms with E-state index >= 15 is 0 Å². The minimum atomic E-state index is -1.35. The Morgan fingerprint density at radius 2 is 1.62 bits per heavy atom. The molecule has 9 nitrogen and oxygen atoms in total. The molecule has 0 bridgehead atoms. The Bertz CT molecular complexity index is 1480. The average molecular weight is 425 g/mol. The summed E-state index contributed by atoms with van der Waals surface area (Å²) in [5, 5.41) is 32.2. The van der Waals surface area contributed by atoms with Crippen molar-refractivity contribution in [1.82, 2.24) is 15.0 Å².